The van der Waals surface area contributed by atoms with Crippen LogP contribution in [0.4, 0.5) is 0 Å². The van der Waals surface area contributed by atoms with E-state index in [1.807, 2.05) is 0 Å². The van der Waals surface area contributed by atoms with Crippen molar-refractivity contribution in [2.24, 2.45) is 0 Å². The van der Waals surface area contributed by atoms with E-state index in [0.29, 0.717) is 26.3 Å². The van der Waals surface area contributed by atoms with Gasteiger partial charge in [0, 0.05) is 26.3 Å². The second-order valence-electron chi connectivity index (χ2n) is 11.2. The molecule has 2 atom stereocenters. The molecule has 2 unspecified atom stereocenters. The summed E-state index contributed by atoms with van der Waals surface area (Å²) >= 11 is 0. The van der Waals surface area contributed by atoms with Crippen LogP contribution >= 0.6 is 0 Å². The zero-order valence-corrected chi connectivity index (χ0v) is 25.4. The van der Waals surface area contributed by atoms with E-state index in [2.05, 4.69) is 25.7 Å². The summed E-state index contributed by atoms with van der Waals surface area (Å²) in [7, 11) is 0. The fourth-order valence-electron chi connectivity index (χ4n) is 4.84. The van der Waals surface area contributed by atoms with Crippen molar-refractivity contribution in [3.05, 3.63) is 0 Å². The van der Waals surface area contributed by atoms with E-state index in [-0.39, 0.29) is 0 Å². The molecule has 5 nitrogen and oxygen atoms in total. The lowest BCUT2D eigenvalue weighted by Gasteiger charge is -2.27. The Morgan fingerprint density at radius 3 is 1.16 bits per heavy atom. The molecule has 0 aliphatic heterocycles. The van der Waals surface area contributed by atoms with Crippen LogP contribution in [0.1, 0.15) is 149 Å². The van der Waals surface area contributed by atoms with Crippen molar-refractivity contribution < 1.29 is 19.7 Å². The maximum atomic E-state index is 10.6. The third-order valence-corrected chi connectivity index (χ3v) is 7.17. The molecule has 0 aromatic carbocycles. The highest BCUT2D eigenvalue weighted by atomic mass is 16.5. The topological polar surface area (TPSA) is 62.2 Å². The second kappa shape index (κ2) is 30.3. The van der Waals surface area contributed by atoms with Gasteiger partial charge in [-0.25, -0.2) is 0 Å². The lowest BCUT2D eigenvalue weighted by Crippen LogP contribution is -2.41. The molecule has 2 N–H and O–H groups in total. The molecule has 0 saturated heterocycles. The number of ether oxygens (including phenoxy) is 2. The number of hydrogen-bond acceptors (Lipinski definition) is 5. The molecule has 0 bridgehead atoms. The Balaban J connectivity index is 4.18. The predicted molar refractivity (Wildman–Crippen MR) is 159 cm³/mol. The Morgan fingerprint density at radius 2 is 0.784 bits per heavy atom. The number of unbranched alkanes of at least 4 members (excludes halogenated alkanes) is 17. The van der Waals surface area contributed by atoms with Crippen molar-refractivity contribution in [1.82, 2.24) is 4.90 Å². The average molecular weight is 530 g/mol. The average Bonchev–Trinajstić information content (AvgIpc) is 2.88. The largest absolute Gasteiger partial charge is 0.389 e. The molecule has 0 aliphatic carbocycles. The van der Waals surface area contributed by atoms with Gasteiger partial charge in [-0.1, -0.05) is 130 Å². The van der Waals surface area contributed by atoms with E-state index in [4.69, 9.17) is 9.47 Å². The Labute approximate surface area is 232 Å². The zero-order valence-electron chi connectivity index (χ0n) is 25.4. The Hall–Kier alpha value is -0.200. The minimum atomic E-state index is -0.509. The summed E-state index contributed by atoms with van der Waals surface area (Å²) in [5.74, 6) is 0. The van der Waals surface area contributed by atoms with Crippen molar-refractivity contribution in [1.29, 1.82) is 0 Å². The van der Waals surface area contributed by atoms with Gasteiger partial charge in [0.15, 0.2) is 0 Å². The van der Waals surface area contributed by atoms with E-state index in [1.165, 1.54) is 109 Å². The molecule has 0 aliphatic rings. The molecule has 0 saturated carbocycles. The van der Waals surface area contributed by atoms with Crippen molar-refractivity contribution >= 4 is 0 Å². The predicted octanol–water partition coefficient (Wildman–Crippen LogP) is 7.91. The highest BCUT2D eigenvalue weighted by Crippen LogP contribution is 2.10. The number of rotatable bonds is 31. The summed E-state index contributed by atoms with van der Waals surface area (Å²) in [4.78, 5) is 2.22. The van der Waals surface area contributed by atoms with Gasteiger partial charge in [-0.3, -0.25) is 4.90 Å². The molecule has 5 heteroatoms. The van der Waals surface area contributed by atoms with Gasteiger partial charge in [-0.15, -0.1) is 0 Å². The summed E-state index contributed by atoms with van der Waals surface area (Å²) in [5.41, 5.74) is 0. The van der Waals surface area contributed by atoms with Gasteiger partial charge in [-0.2, -0.15) is 0 Å². The van der Waals surface area contributed by atoms with Crippen LogP contribution in [0, 0.1) is 0 Å². The van der Waals surface area contributed by atoms with Gasteiger partial charge in [-0.05, 0) is 25.8 Å². The van der Waals surface area contributed by atoms with Gasteiger partial charge in [0.25, 0.3) is 0 Å². The molecule has 37 heavy (non-hydrogen) atoms. The van der Waals surface area contributed by atoms with Crippen LogP contribution in [0.15, 0.2) is 0 Å². The van der Waals surface area contributed by atoms with E-state index >= 15 is 0 Å². The van der Waals surface area contributed by atoms with Crippen LogP contribution in [0.25, 0.3) is 0 Å². The first kappa shape index (κ1) is 36.8. The molecule has 0 spiro atoms. The molecule has 0 aromatic heterocycles. The third-order valence-electron chi connectivity index (χ3n) is 7.17. The first-order chi connectivity index (χ1) is 18.1. The summed E-state index contributed by atoms with van der Waals surface area (Å²) in [5, 5.41) is 21.2. The summed E-state index contributed by atoms with van der Waals surface area (Å²) in [6, 6.07) is 0. The minimum absolute atomic E-state index is 0.382. The van der Waals surface area contributed by atoms with Crippen LogP contribution in [0.5, 0.6) is 0 Å². The van der Waals surface area contributed by atoms with E-state index in [9.17, 15) is 10.2 Å². The fourth-order valence-corrected chi connectivity index (χ4v) is 4.84. The molecule has 0 amide bonds. The van der Waals surface area contributed by atoms with Gasteiger partial charge < -0.3 is 19.7 Å². The van der Waals surface area contributed by atoms with Gasteiger partial charge >= 0.3 is 0 Å². The smallest absolute Gasteiger partial charge is 0.0900 e. The highest BCUT2D eigenvalue weighted by molar-refractivity contribution is 4.69. The molecular formula is C32H67NO4. The molecule has 0 fully saturated rings. The van der Waals surface area contributed by atoms with E-state index in [0.717, 1.165) is 39.0 Å². The monoisotopic (exact) mass is 530 g/mol. The Bertz CT molecular complexity index is 396. The standard InChI is InChI=1S/C32H67NO4/c1-4-7-10-13-16-17-18-21-24-33(27-31(34)29-36-25-22-19-14-11-8-5-2)28-32(35)30-37-26-23-20-15-12-9-6-3/h31-32,34-35H,4-30H2,1-3H3. The first-order valence-electron chi connectivity index (χ1n) is 16.4. The zero-order chi connectivity index (χ0) is 27.2. The van der Waals surface area contributed by atoms with Crippen molar-refractivity contribution in [3.63, 3.8) is 0 Å². The minimum Gasteiger partial charge on any atom is -0.389 e. The van der Waals surface area contributed by atoms with Crippen LogP contribution in [-0.2, 0) is 9.47 Å². The summed E-state index contributed by atoms with van der Waals surface area (Å²) in [6.45, 7) is 11.0. The molecule has 0 aromatic rings. The second-order valence-corrected chi connectivity index (χ2v) is 11.2. The molecule has 224 valence electrons. The fraction of sp³-hybridized carbons (Fsp3) is 1.00. The van der Waals surface area contributed by atoms with Crippen molar-refractivity contribution in [3.8, 4) is 0 Å². The van der Waals surface area contributed by atoms with Crippen LogP contribution in [-0.4, -0.2) is 73.4 Å². The third kappa shape index (κ3) is 28.6. The molecule has 0 radical (unpaired) electrons. The van der Waals surface area contributed by atoms with Crippen LogP contribution in [0.3, 0.4) is 0 Å². The highest BCUT2D eigenvalue weighted by Gasteiger charge is 2.16. The number of aliphatic hydroxyl groups is 2. The Morgan fingerprint density at radius 1 is 0.459 bits per heavy atom. The van der Waals surface area contributed by atoms with Crippen molar-refractivity contribution in [2.75, 3.05) is 46.1 Å². The SMILES string of the molecule is CCCCCCCCCCN(CC(O)COCCCCCCCC)CC(O)COCCCCCCCC. The van der Waals surface area contributed by atoms with Gasteiger partial charge in [0.2, 0.25) is 0 Å². The normalized spacial score (nSPS) is 13.5. The van der Waals surface area contributed by atoms with E-state index in [1.54, 1.807) is 0 Å². The number of aliphatic hydroxyl groups excluding tert-OH is 2. The molecular weight excluding hydrogens is 462 g/mol. The lowest BCUT2D eigenvalue weighted by molar-refractivity contribution is -0.0113. The van der Waals surface area contributed by atoms with Crippen LogP contribution in [0.2, 0.25) is 0 Å². The van der Waals surface area contributed by atoms with Crippen molar-refractivity contribution in [2.45, 2.75) is 161 Å². The molecule has 0 rings (SSSR count). The number of hydrogen-bond donors (Lipinski definition) is 2. The summed E-state index contributed by atoms with van der Waals surface area (Å²) in [6.07, 6.45) is 24.3. The lowest BCUT2D eigenvalue weighted by atomic mass is 10.1. The summed E-state index contributed by atoms with van der Waals surface area (Å²) < 4.78 is 11.5. The maximum Gasteiger partial charge on any atom is 0.0900 e. The van der Waals surface area contributed by atoms with Gasteiger partial charge in [0.1, 0.15) is 0 Å². The quantitative estimate of drug-likeness (QED) is 0.0894. The van der Waals surface area contributed by atoms with Crippen LogP contribution < -0.4 is 0 Å². The first-order valence-corrected chi connectivity index (χ1v) is 16.4. The maximum absolute atomic E-state index is 10.6. The molecule has 0 heterocycles. The number of nitrogens with zero attached hydrogens (tertiary/aromatic N) is 1. The Kier molecular flexibility index (Phi) is 30.2. The van der Waals surface area contributed by atoms with Gasteiger partial charge in [0.05, 0.1) is 25.4 Å². The van der Waals surface area contributed by atoms with E-state index < -0.39 is 12.2 Å².